The summed E-state index contributed by atoms with van der Waals surface area (Å²) in [6.07, 6.45) is 3.77. The number of phenols is 2. The second-order valence-electron chi connectivity index (χ2n) is 7.04. The number of rotatable bonds is 2. The molecule has 0 unspecified atom stereocenters. The normalized spacial score (nSPS) is 14.2. The third kappa shape index (κ3) is 3.52. The van der Waals surface area contributed by atoms with Gasteiger partial charge in [-0.25, -0.2) is 0 Å². The molecule has 0 aliphatic carbocycles. The lowest BCUT2D eigenvalue weighted by molar-refractivity contribution is -0.126. The van der Waals surface area contributed by atoms with Crippen LogP contribution in [0.15, 0.2) is 42.6 Å². The molecule has 1 aliphatic heterocycles. The minimum atomic E-state index is -0.460. The third-order valence-electron chi connectivity index (χ3n) is 5.21. The number of benzene rings is 2. The number of fused-ring (bicyclic) bond motifs is 2. The summed E-state index contributed by atoms with van der Waals surface area (Å²) in [6, 6.07) is 9.81. The molecule has 2 N–H and O–H groups in total. The van der Waals surface area contributed by atoms with Gasteiger partial charge in [-0.3, -0.25) is 9.78 Å². The Morgan fingerprint density at radius 2 is 1.83 bits per heavy atom. The van der Waals surface area contributed by atoms with Crippen LogP contribution in [0.25, 0.3) is 16.5 Å². The molecule has 5 nitrogen and oxygen atoms in total. The minimum Gasteiger partial charge on any atom is -0.503 e. The Morgan fingerprint density at radius 1 is 1.14 bits per heavy atom. The van der Waals surface area contributed by atoms with Gasteiger partial charge in [0.2, 0.25) is 5.91 Å². The molecule has 29 heavy (non-hydrogen) atoms. The molecule has 7 heteroatoms. The molecule has 1 aliphatic rings. The molecule has 0 radical (unpaired) electrons. The Labute approximate surface area is 177 Å². The van der Waals surface area contributed by atoms with Crippen LogP contribution in [0, 0.1) is 0 Å². The molecule has 2 aromatic carbocycles. The molecule has 0 bridgehead atoms. The summed E-state index contributed by atoms with van der Waals surface area (Å²) < 4.78 is 0. The van der Waals surface area contributed by atoms with Crippen molar-refractivity contribution in [1.82, 2.24) is 9.88 Å². The molecule has 0 atom stereocenters. The average Bonchev–Trinajstić information content (AvgIpc) is 2.75. The molecule has 1 amide bonds. The summed E-state index contributed by atoms with van der Waals surface area (Å²) in [5, 5.41) is 21.0. The molecule has 0 spiro atoms. The number of carbonyl (C=O) groups is 1. The predicted molar refractivity (Wildman–Crippen MR) is 114 cm³/mol. The van der Waals surface area contributed by atoms with Gasteiger partial charge in [0.15, 0.2) is 11.5 Å². The number of hydrogen-bond acceptors (Lipinski definition) is 4. The Morgan fingerprint density at radius 3 is 2.59 bits per heavy atom. The monoisotopic (exact) mass is 428 g/mol. The van der Waals surface area contributed by atoms with Crippen molar-refractivity contribution >= 4 is 45.6 Å². The molecular weight excluding hydrogens is 411 g/mol. The molecule has 0 saturated heterocycles. The highest BCUT2D eigenvalue weighted by Gasteiger charge is 2.28. The number of nitrogens with zero attached hydrogens (tertiary/aromatic N) is 2. The fraction of sp³-hybridized carbons (Fsp3) is 0.182. The first-order chi connectivity index (χ1) is 13.9. The summed E-state index contributed by atoms with van der Waals surface area (Å²) in [5.74, 6) is -1.05. The lowest BCUT2D eigenvalue weighted by atomic mass is 9.98. The minimum absolute atomic E-state index is 0.0267. The van der Waals surface area contributed by atoms with Gasteiger partial charge >= 0.3 is 0 Å². The van der Waals surface area contributed by atoms with Crippen LogP contribution < -0.4 is 0 Å². The zero-order valence-electron chi connectivity index (χ0n) is 15.6. The van der Waals surface area contributed by atoms with Crippen LogP contribution in [-0.4, -0.2) is 32.5 Å². The van der Waals surface area contributed by atoms with Crippen molar-refractivity contribution in [1.29, 1.82) is 0 Å². The van der Waals surface area contributed by atoms with Gasteiger partial charge in [-0.05, 0) is 47.7 Å². The number of aromatic hydroxyl groups is 2. The van der Waals surface area contributed by atoms with E-state index in [1.165, 1.54) is 0 Å². The molecule has 0 saturated carbocycles. The van der Waals surface area contributed by atoms with E-state index in [2.05, 4.69) is 4.98 Å². The number of halogens is 2. The Balaban J connectivity index is 1.60. The second kappa shape index (κ2) is 7.58. The maximum absolute atomic E-state index is 12.8. The van der Waals surface area contributed by atoms with Gasteiger partial charge in [0.05, 0.1) is 15.6 Å². The van der Waals surface area contributed by atoms with E-state index in [0.29, 0.717) is 24.1 Å². The second-order valence-corrected chi connectivity index (χ2v) is 7.79. The van der Waals surface area contributed by atoms with Gasteiger partial charge in [0.25, 0.3) is 0 Å². The van der Waals surface area contributed by atoms with Crippen LogP contribution in [0.5, 0.6) is 11.5 Å². The summed E-state index contributed by atoms with van der Waals surface area (Å²) in [4.78, 5) is 18.9. The maximum Gasteiger partial charge on any atom is 0.247 e. The van der Waals surface area contributed by atoms with Gasteiger partial charge in [0.1, 0.15) is 0 Å². The van der Waals surface area contributed by atoms with Crippen molar-refractivity contribution < 1.29 is 15.0 Å². The largest absolute Gasteiger partial charge is 0.503 e. The Bertz CT molecular complexity index is 1170. The molecule has 2 heterocycles. The number of allylic oxidation sites excluding steroid dienone is 1. The standard InChI is InChI=1S/C22H18Cl2N2O3/c1-12(14-9-13-4-2-3-5-17(13)25-10-14)8-18(27)26-7-6-15-16(11-26)20(24)22(29)21(28)19(15)23/h2-5,8-10,28-29H,6-7,11H2,1H3/b12-8+. The zero-order valence-corrected chi connectivity index (χ0v) is 17.1. The summed E-state index contributed by atoms with van der Waals surface area (Å²) >= 11 is 12.3. The number of pyridine rings is 1. The summed E-state index contributed by atoms with van der Waals surface area (Å²) in [6.45, 7) is 2.52. The van der Waals surface area contributed by atoms with E-state index >= 15 is 0 Å². The number of amides is 1. The van der Waals surface area contributed by atoms with Gasteiger partial charge in [-0.15, -0.1) is 0 Å². The molecule has 148 valence electrons. The summed E-state index contributed by atoms with van der Waals surface area (Å²) in [7, 11) is 0. The molecule has 0 fully saturated rings. The van der Waals surface area contributed by atoms with Crippen LogP contribution in [0.4, 0.5) is 0 Å². The van der Waals surface area contributed by atoms with E-state index in [9.17, 15) is 15.0 Å². The number of para-hydroxylation sites is 1. The van der Waals surface area contributed by atoms with Crippen molar-refractivity contribution in [2.45, 2.75) is 19.9 Å². The molecule has 1 aromatic heterocycles. The third-order valence-corrected chi connectivity index (χ3v) is 6.03. The first-order valence-corrected chi connectivity index (χ1v) is 9.85. The van der Waals surface area contributed by atoms with E-state index in [-0.39, 0.29) is 22.5 Å². The lowest BCUT2D eigenvalue weighted by Gasteiger charge is -2.30. The first kappa shape index (κ1) is 19.6. The van der Waals surface area contributed by atoms with Gasteiger partial charge in [-0.1, -0.05) is 41.4 Å². The van der Waals surface area contributed by atoms with Crippen molar-refractivity contribution in [2.24, 2.45) is 0 Å². The van der Waals surface area contributed by atoms with Gasteiger partial charge in [0, 0.05) is 30.7 Å². The highest BCUT2D eigenvalue weighted by atomic mass is 35.5. The predicted octanol–water partition coefficient (Wildman–Crippen LogP) is 4.94. The van der Waals surface area contributed by atoms with Crippen LogP contribution in [0.3, 0.4) is 0 Å². The number of carbonyl (C=O) groups excluding carboxylic acids is 1. The highest BCUT2D eigenvalue weighted by molar-refractivity contribution is 6.36. The zero-order chi connectivity index (χ0) is 20.7. The quantitative estimate of drug-likeness (QED) is 0.447. The maximum atomic E-state index is 12.8. The fourth-order valence-corrected chi connectivity index (χ4v) is 4.10. The van der Waals surface area contributed by atoms with Crippen LogP contribution >= 0.6 is 23.2 Å². The molecule has 4 rings (SSSR count). The van der Waals surface area contributed by atoms with Crippen LogP contribution in [0.1, 0.15) is 23.6 Å². The number of phenolic OH excluding ortho intramolecular Hbond substituents is 2. The van der Waals surface area contributed by atoms with E-state index in [1.807, 2.05) is 37.3 Å². The highest BCUT2D eigenvalue weighted by Crippen LogP contribution is 2.46. The SMILES string of the molecule is C/C(=C\C(=O)N1CCc2c(Cl)c(O)c(O)c(Cl)c2C1)c1cnc2ccccc2c1. The van der Waals surface area contributed by atoms with E-state index in [1.54, 1.807) is 17.2 Å². The number of aromatic nitrogens is 1. The van der Waals surface area contributed by atoms with Crippen molar-refractivity contribution in [3.8, 4) is 11.5 Å². The Hall–Kier alpha value is -2.76. The fourth-order valence-electron chi connectivity index (χ4n) is 3.54. The molecule has 3 aromatic rings. The van der Waals surface area contributed by atoms with E-state index < -0.39 is 11.5 Å². The van der Waals surface area contributed by atoms with Crippen LogP contribution in [0.2, 0.25) is 10.0 Å². The molecular formula is C22H18Cl2N2O3. The topological polar surface area (TPSA) is 73.7 Å². The van der Waals surface area contributed by atoms with Gasteiger partial charge < -0.3 is 15.1 Å². The van der Waals surface area contributed by atoms with Crippen molar-refractivity contribution in [3.63, 3.8) is 0 Å². The van der Waals surface area contributed by atoms with Crippen molar-refractivity contribution in [2.75, 3.05) is 6.54 Å². The number of hydrogen-bond donors (Lipinski definition) is 2. The first-order valence-electron chi connectivity index (χ1n) is 9.10. The van der Waals surface area contributed by atoms with Crippen LogP contribution in [-0.2, 0) is 17.8 Å². The van der Waals surface area contributed by atoms with E-state index in [0.717, 1.165) is 22.0 Å². The Kier molecular flexibility index (Phi) is 5.11. The smallest absolute Gasteiger partial charge is 0.247 e. The lowest BCUT2D eigenvalue weighted by Crippen LogP contribution is -2.35. The van der Waals surface area contributed by atoms with E-state index in [4.69, 9.17) is 23.2 Å². The average molecular weight is 429 g/mol. The van der Waals surface area contributed by atoms with Gasteiger partial charge in [-0.2, -0.15) is 0 Å². The summed E-state index contributed by atoms with van der Waals surface area (Å²) in [5.41, 5.74) is 3.80. The van der Waals surface area contributed by atoms with Crippen molar-refractivity contribution in [3.05, 3.63) is 69.3 Å².